The van der Waals surface area contributed by atoms with Crippen molar-refractivity contribution in [3.05, 3.63) is 59.2 Å². The van der Waals surface area contributed by atoms with Gasteiger partial charge in [0.2, 0.25) is 0 Å². The summed E-state index contributed by atoms with van der Waals surface area (Å²) in [6, 6.07) is 12.7. The fraction of sp³-hybridized carbons (Fsp3) is 0.292. The van der Waals surface area contributed by atoms with Gasteiger partial charge in [0.05, 0.1) is 21.3 Å². The van der Waals surface area contributed by atoms with Crippen LogP contribution in [0.15, 0.2) is 42.5 Å². The number of rotatable bonds is 8. The maximum Gasteiger partial charge on any atom is 0.306 e. The molecule has 8 nitrogen and oxygen atoms in total. The number of hydrogen-bond acceptors (Lipinski definition) is 7. The molecule has 1 aliphatic rings. The molecular weight excluding hydrogens is 442 g/mol. The first-order valence-electron chi connectivity index (χ1n) is 10.7. The number of hydrogen-bond donors (Lipinski definition) is 0. The van der Waals surface area contributed by atoms with Crippen LogP contribution in [0.25, 0.3) is 10.2 Å². The van der Waals surface area contributed by atoms with E-state index in [-0.39, 0.29) is 37.1 Å². The molecule has 0 aliphatic carbocycles. The highest BCUT2D eigenvalue weighted by atomic mass is 32.1. The third-order valence-corrected chi connectivity index (χ3v) is 6.44. The Morgan fingerprint density at radius 3 is 2.61 bits per heavy atom. The first kappa shape index (κ1) is 22.6. The maximum atomic E-state index is 12.6. The van der Waals surface area contributed by atoms with Crippen molar-refractivity contribution in [2.75, 3.05) is 24.6 Å². The summed E-state index contributed by atoms with van der Waals surface area (Å²) in [5.74, 6) is -1.62. The number of aromatic nitrogens is 1. The Bertz CT molecular complexity index is 1220. The van der Waals surface area contributed by atoms with Crippen LogP contribution in [0, 0.1) is 6.92 Å². The Labute approximate surface area is 194 Å². The van der Waals surface area contributed by atoms with Gasteiger partial charge in [0.25, 0.3) is 17.7 Å². The molecule has 3 amide bonds. The number of carbonyl (C=O) groups is 4. The van der Waals surface area contributed by atoms with Gasteiger partial charge in [0, 0.05) is 19.5 Å². The van der Waals surface area contributed by atoms with Gasteiger partial charge in [-0.25, -0.2) is 4.98 Å². The molecule has 33 heavy (non-hydrogen) atoms. The number of ether oxygens (including phenoxy) is 1. The van der Waals surface area contributed by atoms with Crippen LogP contribution in [0.3, 0.4) is 0 Å². The molecular formula is C24H23N3O5S. The number of benzene rings is 2. The van der Waals surface area contributed by atoms with Gasteiger partial charge in [-0.05, 0) is 44.5 Å². The summed E-state index contributed by atoms with van der Waals surface area (Å²) in [5.41, 5.74) is 2.48. The van der Waals surface area contributed by atoms with E-state index in [0.717, 1.165) is 20.7 Å². The Kier molecular flexibility index (Phi) is 6.50. The number of fused-ring (bicyclic) bond motifs is 2. The third kappa shape index (κ3) is 4.63. The van der Waals surface area contributed by atoms with Crippen LogP contribution in [-0.2, 0) is 14.3 Å². The second-order valence-electron chi connectivity index (χ2n) is 7.68. The Balaban J connectivity index is 1.26. The number of para-hydroxylation sites is 1. The van der Waals surface area contributed by atoms with Crippen molar-refractivity contribution >= 4 is 50.4 Å². The highest BCUT2D eigenvalue weighted by molar-refractivity contribution is 7.22. The molecule has 0 bridgehead atoms. The normalized spacial score (nSPS) is 12.8. The van der Waals surface area contributed by atoms with Gasteiger partial charge in [-0.3, -0.25) is 29.0 Å². The van der Waals surface area contributed by atoms with E-state index < -0.39 is 12.6 Å². The Hall–Kier alpha value is -3.59. The molecule has 9 heteroatoms. The summed E-state index contributed by atoms with van der Waals surface area (Å²) in [6.07, 6.45) is 0.250. The average Bonchev–Trinajstić information content (AvgIpc) is 3.32. The summed E-state index contributed by atoms with van der Waals surface area (Å²) in [5, 5.41) is 0.556. The molecule has 3 aromatic rings. The lowest BCUT2D eigenvalue weighted by molar-refractivity contribution is -0.148. The number of anilines is 1. The molecule has 2 heterocycles. The second-order valence-corrected chi connectivity index (χ2v) is 8.69. The SMILES string of the molecule is CCN(C(=O)COC(=O)CCCN1C(=O)c2ccc(C)cc2C1=O)c1nc2ccccc2s1. The zero-order valence-electron chi connectivity index (χ0n) is 18.4. The molecule has 0 radical (unpaired) electrons. The van der Waals surface area contributed by atoms with Gasteiger partial charge in [0.15, 0.2) is 11.7 Å². The van der Waals surface area contributed by atoms with Crippen molar-refractivity contribution in [2.24, 2.45) is 0 Å². The van der Waals surface area contributed by atoms with Crippen LogP contribution in [0.5, 0.6) is 0 Å². The van der Waals surface area contributed by atoms with Crippen molar-refractivity contribution in [2.45, 2.75) is 26.7 Å². The van der Waals surface area contributed by atoms with Gasteiger partial charge in [-0.15, -0.1) is 0 Å². The standard InChI is InChI=1S/C24H23N3O5S/c1-3-26(24-25-18-7-4-5-8-19(18)33-24)20(28)14-32-21(29)9-6-12-27-22(30)16-11-10-15(2)13-17(16)23(27)31/h4-5,7-8,10-11,13H,3,6,9,12,14H2,1-2H3. The van der Waals surface area contributed by atoms with Crippen LogP contribution in [0.2, 0.25) is 0 Å². The lowest BCUT2D eigenvalue weighted by Crippen LogP contribution is -2.34. The molecule has 0 fully saturated rings. The first-order valence-corrected chi connectivity index (χ1v) is 11.5. The van der Waals surface area contributed by atoms with E-state index >= 15 is 0 Å². The number of carbonyl (C=O) groups excluding carboxylic acids is 4. The van der Waals surface area contributed by atoms with Gasteiger partial charge in [-0.2, -0.15) is 0 Å². The van der Waals surface area contributed by atoms with Crippen molar-refractivity contribution in [3.8, 4) is 0 Å². The minimum atomic E-state index is -0.559. The number of likely N-dealkylation sites (N-methyl/N-ethyl adjacent to an activating group) is 1. The second kappa shape index (κ2) is 9.50. The molecule has 0 unspecified atom stereocenters. The van der Waals surface area contributed by atoms with Crippen molar-refractivity contribution in [1.82, 2.24) is 9.88 Å². The minimum absolute atomic E-state index is 0.00697. The van der Waals surface area contributed by atoms with Gasteiger partial charge in [0.1, 0.15) is 0 Å². The number of amides is 3. The lowest BCUT2D eigenvalue weighted by atomic mass is 10.1. The average molecular weight is 466 g/mol. The van der Waals surface area contributed by atoms with Gasteiger partial charge >= 0.3 is 5.97 Å². The maximum absolute atomic E-state index is 12.6. The molecule has 2 aromatic carbocycles. The minimum Gasteiger partial charge on any atom is -0.456 e. The lowest BCUT2D eigenvalue weighted by Gasteiger charge is -2.17. The van der Waals surface area contributed by atoms with E-state index in [1.807, 2.05) is 38.1 Å². The van der Waals surface area contributed by atoms with E-state index in [1.165, 1.54) is 16.2 Å². The van der Waals surface area contributed by atoms with E-state index in [2.05, 4.69) is 4.98 Å². The molecule has 1 aliphatic heterocycles. The quantitative estimate of drug-likeness (QED) is 0.373. The van der Waals surface area contributed by atoms with Gasteiger partial charge in [-0.1, -0.05) is 35.1 Å². The van der Waals surface area contributed by atoms with Crippen LogP contribution >= 0.6 is 11.3 Å². The molecule has 0 N–H and O–H groups in total. The smallest absolute Gasteiger partial charge is 0.306 e. The highest BCUT2D eigenvalue weighted by Crippen LogP contribution is 2.28. The van der Waals surface area contributed by atoms with E-state index in [4.69, 9.17) is 4.74 Å². The number of aryl methyl sites for hydroxylation is 1. The van der Waals surface area contributed by atoms with E-state index in [0.29, 0.717) is 22.8 Å². The van der Waals surface area contributed by atoms with Crippen LogP contribution in [0.1, 0.15) is 46.0 Å². The summed E-state index contributed by atoms with van der Waals surface area (Å²) >= 11 is 1.40. The summed E-state index contributed by atoms with van der Waals surface area (Å²) in [7, 11) is 0. The zero-order chi connectivity index (χ0) is 23.5. The molecule has 170 valence electrons. The first-order chi connectivity index (χ1) is 15.9. The van der Waals surface area contributed by atoms with Crippen molar-refractivity contribution < 1.29 is 23.9 Å². The van der Waals surface area contributed by atoms with Crippen molar-refractivity contribution in [3.63, 3.8) is 0 Å². The number of thiazole rings is 1. The molecule has 0 saturated heterocycles. The number of nitrogens with zero attached hydrogens (tertiary/aromatic N) is 3. The Morgan fingerprint density at radius 1 is 1.09 bits per heavy atom. The van der Waals surface area contributed by atoms with Crippen LogP contribution in [-0.4, -0.2) is 53.3 Å². The number of imide groups is 1. The van der Waals surface area contributed by atoms with Crippen LogP contribution < -0.4 is 4.90 Å². The molecule has 0 saturated carbocycles. The summed E-state index contributed by atoms with van der Waals surface area (Å²) in [6.45, 7) is 3.80. The van der Waals surface area contributed by atoms with Gasteiger partial charge < -0.3 is 4.74 Å². The zero-order valence-corrected chi connectivity index (χ0v) is 19.2. The van der Waals surface area contributed by atoms with Crippen molar-refractivity contribution in [1.29, 1.82) is 0 Å². The van der Waals surface area contributed by atoms with E-state index in [1.54, 1.807) is 18.2 Å². The summed E-state index contributed by atoms with van der Waals surface area (Å²) < 4.78 is 6.11. The fourth-order valence-corrected chi connectivity index (χ4v) is 4.72. The predicted octanol–water partition coefficient (Wildman–Crippen LogP) is 3.58. The molecule has 0 atom stereocenters. The fourth-order valence-electron chi connectivity index (χ4n) is 3.68. The third-order valence-electron chi connectivity index (χ3n) is 5.38. The summed E-state index contributed by atoms with van der Waals surface area (Å²) in [4.78, 5) is 56.8. The van der Waals surface area contributed by atoms with E-state index in [9.17, 15) is 19.2 Å². The Morgan fingerprint density at radius 2 is 1.85 bits per heavy atom. The topological polar surface area (TPSA) is 96.9 Å². The predicted molar refractivity (Wildman–Crippen MR) is 124 cm³/mol. The largest absolute Gasteiger partial charge is 0.456 e. The number of esters is 1. The monoisotopic (exact) mass is 465 g/mol. The highest BCUT2D eigenvalue weighted by Gasteiger charge is 2.35. The van der Waals surface area contributed by atoms with Crippen LogP contribution in [0.4, 0.5) is 5.13 Å². The molecule has 0 spiro atoms. The molecule has 4 rings (SSSR count). The molecule has 1 aromatic heterocycles.